The lowest BCUT2D eigenvalue weighted by Crippen LogP contribution is -2.46. The lowest BCUT2D eigenvalue weighted by molar-refractivity contribution is -0.118. The summed E-state index contributed by atoms with van der Waals surface area (Å²) in [5.41, 5.74) is 1.49. The molecule has 0 unspecified atom stereocenters. The SMILES string of the molecule is CC(C)(C)c1ccc(SCC(=O)NCCN2CCNCC2)cc1. The number of amides is 1. The maximum atomic E-state index is 11.9. The lowest BCUT2D eigenvalue weighted by Gasteiger charge is -2.27. The van der Waals surface area contributed by atoms with Crippen molar-refractivity contribution in [1.82, 2.24) is 15.5 Å². The van der Waals surface area contributed by atoms with Crippen molar-refractivity contribution in [2.24, 2.45) is 0 Å². The molecule has 23 heavy (non-hydrogen) atoms. The second kappa shape index (κ2) is 8.71. The van der Waals surface area contributed by atoms with Gasteiger partial charge in [-0.15, -0.1) is 11.8 Å². The number of piperazine rings is 1. The molecule has 1 aliphatic rings. The molecule has 0 radical (unpaired) electrons. The average Bonchev–Trinajstić information content (AvgIpc) is 2.53. The van der Waals surface area contributed by atoms with Crippen LogP contribution in [0, 0.1) is 0 Å². The predicted molar refractivity (Wildman–Crippen MR) is 98.2 cm³/mol. The van der Waals surface area contributed by atoms with Crippen LogP contribution in [0.3, 0.4) is 0 Å². The van der Waals surface area contributed by atoms with Gasteiger partial charge in [0.2, 0.25) is 5.91 Å². The number of nitrogens with zero attached hydrogens (tertiary/aromatic N) is 1. The van der Waals surface area contributed by atoms with Gasteiger partial charge in [-0.1, -0.05) is 32.9 Å². The van der Waals surface area contributed by atoms with Crippen LogP contribution in [0.5, 0.6) is 0 Å². The molecule has 1 fully saturated rings. The molecule has 0 atom stereocenters. The van der Waals surface area contributed by atoms with Crippen LogP contribution in [0.4, 0.5) is 0 Å². The van der Waals surface area contributed by atoms with E-state index in [1.165, 1.54) is 5.56 Å². The minimum Gasteiger partial charge on any atom is -0.354 e. The van der Waals surface area contributed by atoms with Crippen LogP contribution in [0.15, 0.2) is 29.2 Å². The maximum Gasteiger partial charge on any atom is 0.230 e. The van der Waals surface area contributed by atoms with Crippen LogP contribution in [-0.2, 0) is 10.2 Å². The highest BCUT2D eigenvalue weighted by Gasteiger charge is 2.13. The highest BCUT2D eigenvalue weighted by Crippen LogP contribution is 2.25. The highest BCUT2D eigenvalue weighted by molar-refractivity contribution is 8.00. The monoisotopic (exact) mass is 335 g/mol. The van der Waals surface area contributed by atoms with Gasteiger partial charge in [-0.25, -0.2) is 0 Å². The zero-order valence-corrected chi connectivity index (χ0v) is 15.3. The summed E-state index contributed by atoms with van der Waals surface area (Å²) in [4.78, 5) is 15.5. The second-order valence-corrected chi connectivity index (χ2v) is 8.05. The molecule has 5 heteroatoms. The molecule has 2 rings (SSSR count). The molecule has 0 spiro atoms. The first-order valence-electron chi connectivity index (χ1n) is 8.38. The number of nitrogens with one attached hydrogen (secondary N) is 2. The fourth-order valence-electron chi connectivity index (χ4n) is 2.54. The molecule has 1 heterocycles. The average molecular weight is 336 g/mol. The molecule has 1 aromatic rings. The third-order valence-electron chi connectivity index (χ3n) is 4.05. The number of hydrogen-bond acceptors (Lipinski definition) is 4. The summed E-state index contributed by atoms with van der Waals surface area (Å²) in [5, 5.41) is 6.35. The van der Waals surface area contributed by atoms with Gasteiger partial charge in [0.15, 0.2) is 0 Å². The topological polar surface area (TPSA) is 44.4 Å². The number of hydrogen-bond donors (Lipinski definition) is 2. The van der Waals surface area contributed by atoms with Crippen molar-refractivity contribution in [2.75, 3.05) is 45.0 Å². The van der Waals surface area contributed by atoms with Crippen molar-refractivity contribution in [3.05, 3.63) is 29.8 Å². The zero-order chi connectivity index (χ0) is 16.7. The second-order valence-electron chi connectivity index (χ2n) is 7.00. The number of rotatable bonds is 6. The third-order valence-corrected chi connectivity index (χ3v) is 5.06. The van der Waals surface area contributed by atoms with E-state index in [1.54, 1.807) is 11.8 Å². The van der Waals surface area contributed by atoms with Gasteiger partial charge in [0.25, 0.3) is 0 Å². The lowest BCUT2D eigenvalue weighted by atomic mass is 9.87. The van der Waals surface area contributed by atoms with Crippen molar-refractivity contribution in [2.45, 2.75) is 31.1 Å². The Labute approximate surface area is 144 Å². The molecule has 0 saturated carbocycles. The van der Waals surface area contributed by atoms with E-state index in [9.17, 15) is 4.79 Å². The Morgan fingerprint density at radius 2 is 1.87 bits per heavy atom. The Bertz CT molecular complexity index is 490. The Hall–Kier alpha value is -1.04. The van der Waals surface area contributed by atoms with Crippen LogP contribution in [0.2, 0.25) is 0 Å². The smallest absolute Gasteiger partial charge is 0.230 e. The number of thioether (sulfide) groups is 1. The zero-order valence-electron chi connectivity index (χ0n) is 14.5. The molecule has 2 N–H and O–H groups in total. The van der Waals surface area contributed by atoms with Crippen LogP contribution >= 0.6 is 11.8 Å². The minimum absolute atomic E-state index is 0.116. The van der Waals surface area contributed by atoms with Gasteiger partial charge >= 0.3 is 0 Å². The largest absolute Gasteiger partial charge is 0.354 e. The fraction of sp³-hybridized carbons (Fsp3) is 0.611. The van der Waals surface area contributed by atoms with Crippen molar-refractivity contribution < 1.29 is 4.79 Å². The summed E-state index contributed by atoms with van der Waals surface area (Å²) in [6, 6.07) is 8.54. The van der Waals surface area contributed by atoms with Crippen LogP contribution < -0.4 is 10.6 Å². The molecule has 1 amide bonds. The first kappa shape index (κ1) is 18.3. The van der Waals surface area contributed by atoms with Crippen molar-refractivity contribution >= 4 is 17.7 Å². The standard InChI is InChI=1S/C18H29N3OS/c1-18(2,3)15-4-6-16(7-5-15)23-14-17(22)20-10-13-21-11-8-19-9-12-21/h4-7,19H,8-14H2,1-3H3,(H,20,22). The van der Waals surface area contributed by atoms with Crippen LogP contribution in [0.1, 0.15) is 26.3 Å². The van der Waals surface area contributed by atoms with E-state index in [4.69, 9.17) is 0 Å². The van der Waals surface area contributed by atoms with E-state index >= 15 is 0 Å². The molecule has 0 aliphatic carbocycles. The van der Waals surface area contributed by atoms with Gasteiger partial charge in [0.05, 0.1) is 5.75 Å². The number of benzene rings is 1. The van der Waals surface area contributed by atoms with Gasteiger partial charge in [0, 0.05) is 44.2 Å². The van der Waals surface area contributed by atoms with E-state index < -0.39 is 0 Å². The molecule has 1 aromatic carbocycles. The molecular formula is C18H29N3OS. The van der Waals surface area contributed by atoms with Crippen molar-refractivity contribution in [1.29, 1.82) is 0 Å². The van der Waals surface area contributed by atoms with Gasteiger partial charge in [0.1, 0.15) is 0 Å². The van der Waals surface area contributed by atoms with E-state index in [0.29, 0.717) is 5.75 Å². The van der Waals surface area contributed by atoms with E-state index in [0.717, 1.165) is 44.2 Å². The molecular weight excluding hydrogens is 306 g/mol. The highest BCUT2D eigenvalue weighted by atomic mass is 32.2. The van der Waals surface area contributed by atoms with Crippen LogP contribution in [-0.4, -0.2) is 55.8 Å². The van der Waals surface area contributed by atoms with E-state index in [1.807, 2.05) is 0 Å². The summed E-state index contributed by atoms with van der Waals surface area (Å²) in [7, 11) is 0. The molecule has 128 valence electrons. The molecule has 1 aliphatic heterocycles. The first-order chi connectivity index (χ1) is 10.9. The fourth-order valence-corrected chi connectivity index (χ4v) is 3.27. The van der Waals surface area contributed by atoms with Gasteiger partial charge < -0.3 is 10.6 Å². The van der Waals surface area contributed by atoms with Crippen LogP contribution in [0.25, 0.3) is 0 Å². The minimum atomic E-state index is 0.116. The summed E-state index contributed by atoms with van der Waals surface area (Å²) in [6.07, 6.45) is 0. The summed E-state index contributed by atoms with van der Waals surface area (Å²) >= 11 is 1.60. The Balaban J connectivity index is 1.65. The first-order valence-corrected chi connectivity index (χ1v) is 9.37. The quantitative estimate of drug-likeness (QED) is 0.782. The van der Waals surface area contributed by atoms with Gasteiger partial charge in [-0.2, -0.15) is 0 Å². The third kappa shape index (κ3) is 6.53. The van der Waals surface area contributed by atoms with Gasteiger partial charge in [-0.3, -0.25) is 9.69 Å². The number of carbonyl (C=O) groups is 1. The van der Waals surface area contributed by atoms with E-state index in [2.05, 4.69) is 60.6 Å². The van der Waals surface area contributed by atoms with Gasteiger partial charge in [-0.05, 0) is 23.1 Å². The Kier molecular flexibility index (Phi) is 6.93. The van der Waals surface area contributed by atoms with E-state index in [-0.39, 0.29) is 11.3 Å². The Morgan fingerprint density at radius 3 is 2.48 bits per heavy atom. The summed E-state index contributed by atoms with van der Waals surface area (Å²) < 4.78 is 0. The predicted octanol–water partition coefficient (Wildman–Crippen LogP) is 2.10. The Morgan fingerprint density at radius 1 is 1.22 bits per heavy atom. The molecule has 1 saturated heterocycles. The summed E-state index contributed by atoms with van der Waals surface area (Å²) in [5.74, 6) is 0.598. The van der Waals surface area contributed by atoms with Crippen molar-refractivity contribution in [3.8, 4) is 0 Å². The molecule has 0 bridgehead atoms. The number of carbonyl (C=O) groups excluding carboxylic acids is 1. The normalized spacial score (nSPS) is 16.3. The summed E-state index contributed by atoms with van der Waals surface area (Å²) in [6.45, 7) is 12.6. The van der Waals surface area contributed by atoms with Crippen molar-refractivity contribution in [3.63, 3.8) is 0 Å². The molecule has 0 aromatic heterocycles. The maximum absolute atomic E-state index is 11.9. The molecule has 4 nitrogen and oxygen atoms in total.